The molecule has 0 saturated heterocycles. The summed E-state index contributed by atoms with van der Waals surface area (Å²) in [7, 11) is 0. The largest absolute Gasteiger partial charge is 0.490 e. The Hall–Kier alpha value is -1.61. The molecule has 0 atom stereocenters. The second-order valence-electron chi connectivity index (χ2n) is 5.79. The van der Waals surface area contributed by atoms with Crippen molar-refractivity contribution < 1.29 is 4.74 Å². The van der Waals surface area contributed by atoms with Gasteiger partial charge in [0.15, 0.2) is 0 Å². The van der Waals surface area contributed by atoms with Crippen LogP contribution in [-0.2, 0) is 6.54 Å². The van der Waals surface area contributed by atoms with Gasteiger partial charge < -0.3 is 10.1 Å². The second-order valence-corrected chi connectivity index (χ2v) is 5.79. The monoisotopic (exact) mass is 284 g/mol. The van der Waals surface area contributed by atoms with E-state index in [9.17, 15) is 0 Å². The minimum absolute atomic E-state index is 0.372. The molecule has 0 aliphatic heterocycles. The second kappa shape index (κ2) is 6.90. The zero-order valence-electron chi connectivity index (χ0n) is 12.8. The molecule has 1 aromatic heterocycles. The van der Waals surface area contributed by atoms with Crippen LogP contribution in [0.2, 0.25) is 0 Å². The number of nitrogens with zero attached hydrogens (tertiary/aromatic N) is 1. The van der Waals surface area contributed by atoms with Crippen molar-refractivity contribution in [2.24, 2.45) is 0 Å². The van der Waals surface area contributed by atoms with Crippen LogP contribution in [-0.4, -0.2) is 17.6 Å². The Morgan fingerprint density at radius 3 is 2.81 bits per heavy atom. The standard InChI is InChI=1S/C18H24N2O/c1-2-19-13-14-12-18(21-15-8-4-3-5-9-15)16-10-6-7-11-17(16)20-14/h6-7,10-12,15,19H,2-5,8-9,13H2,1H3. The summed E-state index contributed by atoms with van der Waals surface area (Å²) >= 11 is 0. The molecule has 1 heterocycles. The Morgan fingerprint density at radius 1 is 1.19 bits per heavy atom. The van der Waals surface area contributed by atoms with Crippen molar-refractivity contribution in [3.05, 3.63) is 36.0 Å². The Labute approximate surface area is 126 Å². The third kappa shape index (κ3) is 3.53. The van der Waals surface area contributed by atoms with Crippen LogP contribution in [0.3, 0.4) is 0 Å². The van der Waals surface area contributed by atoms with Crippen LogP contribution in [0.1, 0.15) is 44.7 Å². The van der Waals surface area contributed by atoms with Crippen LogP contribution in [0, 0.1) is 0 Å². The van der Waals surface area contributed by atoms with E-state index in [0.717, 1.165) is 35.4 Å². The first-order valence-corrected chi connectivity index (χ1v) is 8.13. The summed E-state index contributed by atoms with van der Waals surface area (Å²) < 4.78 is 6.32. The molecule has 1 fully saturated rings. The number of aromatic nitrogens is 1. The first kappa shape index (κ1) is 14.3. The van der Waals surface area contributed by atoms with Gasteiger partial charge in [0, 0.05) is 18.0 Å². The average Bonchev–Trinajstić information content (AvgIpc) is 2.54. The van der Waals surface area contributed by atoms with Crippen LogP contribution < -0.4 is 10.1 Å². The number of rotatable bonds is 5. The number of nitrogens with one attached hydrogen (secondary N) is 1. The van der Waals surface area contributed by atoms with Crippen molar-refractivity contribution in [3.8, 4) is 5.75 Å². The number of ether oxygens (including phenoxy) is 1. The lowest BCUT2D eigenvalue weighted by molar-refractivity contribution is 0.157. The lowest BCUT2D eigenvalue weighted by atomic mass is 9.98. The van der Waals surface area contributed by atoms with E-state index >= 15 is 0 Å². The first-order valence-electron chi connectivity index (χ1n) is 8.13. The van der Waals surface area contributed by atoms with Crippen LogP contribution in [0.25, 0.3) is 10.9 Å². The average molecular weight is 284 g/mol. The van der Waals surface area contributed by atoms with E-state index in [2.05, 4.69) is 36.5 Å². The molecule has 0 radical (unpaired) electrons. The minimum atomic E-state index is 0.372. The lowest BCUT2D eigenvalue weighted by Gasteiger charge is -2.24. The van der Waals surface area contributed by atoms with Gasteiger partial charge in [-0.25, -0.2) is 0 Å². The predicted octanol–water partition coefficient (Wildman–Crippen LogP) is 4.06. The number of hydrogen-bond acceptors (Lipinski definition) is 3. The molecule has 1 saturated carbocycles. The van der Waals surface area contributed by atoms with Crippen molar-refractivity contribution in [2.75, 3.05) is 6.54 Å². The molecular weight excluding hydrogens is 260 g/mol. The van der Waals surface area contributed by atoms with Gasteiger partial charge in [-0.2, -0.15) is 0 Å². The van der Waals surface area contributed by atoms with E-state index in [1.807, 2.05) is 6.07 Å². The van der Waals surface area contributed by atoms with Gasteiger partial charge >= 0.3 is 0 Å². The van der Waals surface area contributed by atoms with Gasteiger partial charge in [-0.15, -0.1) is 0 Å². The lowest BCUT2D eigenvalue weighted by Crippen LogP contribution is -2.20. The topological polar surface area (TPSA) is 34.1 Å². The van der Waals surface area contributed by atoms with E-state index in [4.69, 9.17) is 9.72 Å². The fraction of sp³-hybridized carbons (Fsp3) is 0.500. The van der Waals surface area contributed by atoms with E-state index < -0.39 is 0 Å². The van der Waals surface area contributed by atoms with Gasteiger partial charge in [0.2, 0.25) is 0 Å². The number of hydrogen-bond donors (Lipinski definition) is 1. The van der Waals surface area contributed by atoms with Crippen molar-refractivity contribution in [3.63, 3.8) is 0 Å². The smallest absolute Gasteiger partial charge is 0.130 e. The molecule has 3 nitrogen and oxygen atoms in total. The molecule has 2 aromatic rings. The summed E-state index contributed by atoms with van der Waals surface area (Å²) in [6.45, 7) is 3.86. The molecule has 0 unspecified atom stereocenters. The summed E-state index contributed by atoms with van der Waals surface area (Å²) in [5, 5.41) is 4.47. The van der Waals surface area contributed by atoms with Crippen molar-refractivity contribution in [2.45, 2.75) is 51.7 Å². The normalized spacial score (nSPS) is 16.2. The fourth-order valence-corrected chi connectivity index (χ4v) is 3.00. The van der Waals surface area contributed by atoms with E-state index in [-0.39, 0.29) is 0 Å². The van der Waals surface area contributed by atoms with Gasteiger partial charge in [-0.05, 0) is 44.4 Å². The molecule has 0 spiro atoms. The highest BCUT2D eigenvalue weighted by Gasteiger charge is 2.16. The summed E-state index contributed by atoms with van der Waals surface area (Å²) in [4.78, 5) is 4.72. The molecule has 1 aliphatic carbocycles. The van der Waals surface area contributed by atoms with E-state index in [1.54, 1.807) is 0 Å². The Kier molecular flexibility index (Phi) is 4.71. The van der Waals surface area contributed by atoms with Crippen molar-refractivity contribution in [1.29, 1.82) is 0 Å². The maximum Gasteiger partial charge on any atom is 0.130 e. The van der Waals surface area contributed by atoms with Gasteiger partial charge in [0.25, 0.3) is 0 Å². The van der Waals surface area contributed by atoms with Crippen molar-refractivity contribution >= 4 is 10.9 Å². The molecule has 3 rings (SSSR count). The molecule has 3 heteroatoms. The number of para-hydroxylation sites is 1. The summed E-state index contributed by atoms with van der Waals surface area (Å²) in [6.07, 6.45) is 6.66. The molecule has 21 heavy (non-hydrogen) atoms. The van der Waals surface area contributed by atoms with E-state index in [1.165, 1.54) is 32.1 Å². The summed E-state index contributed by atoms with van der Waals surface area (Å²) in [6, 6.07) is 10.4. The van der Waals surface area contributed by atoms with Crippen molar-refractivity contribution in [1.82, 2.24) is 10.3 Å². The van der Waals surface area contributed by atoms with Gasteiger partial charge in [-0.1, -0.05) is 25.5 Å². The molecule has 1 aromatic carbocycles. The molecule has 0 bridgehead atoms. The third-order valence-electron chi connectivity index (χ3n) is 4.13. The van der Waals surface area contributed by atoms with Crippen LogP contribution in [0.5, 0.6) is 5.75 Å². The summed E-state index contributed by atoms with van der Waals surface area (Å²) in [5.74, 6) is 1.00. The van der Waals surface area contributed by atoms with Crippen LogP contribution >= 0.6 is 0 Å². The minimum Gasteiger partial charge on any atom is -0.490 e. The first-order chi connectivity index (χ1) is 10.4. The highest BCUT2D eigenvalue weighted by atomic mass is 16.5. The highest BCUT2D eigenvalue weighted by Crippen LogP contribution is 2.29. The van der Waals surface area contributed by atoms with Crippen LogP contribution in [0.4, 0.5) is 0 Å². The Balaban J connectivity index is 1.89. The maximum absolute atomic E-state index is 6.32. The number of fused-ring (bicyclic) bond motifs is 1. The zero-order chi connectivity index (χ0) is 14.5. The van der Waals surface area contributed by atoms with Crippen LogP contribution in [0.15, 0.2) is 30.3 Å². The van der Waals surface area contributed by atoms with Gasteiger partial charge in [0.1, 0.15) is 5.75 Å². The Morgan fingerprint density at radius 2 is 2.00 bits per heavy atom. The van der Waals surface area contributed by atoms with Gasteiger partial charge in [-0.3, -0.25) is 4.98 Å². The van der Waals surface area contributed by atoms with Gasteiger partial charge in [0.05, 0.1) is 17.3 Å². The Bertz CT molecular complexity index is 591. The summed E-state index contributed by atoms with van der Waals surface area (Å²) in [5.41, 5.74) is 2.08. The number of pyridine rings is 1. The molecular formula is C18H24N2O. The molecule has 112 valence electrons. The number of benzene rings is 1. The fourth-order valence-electron chi connectivity index (χ4n) is 3.00. The molecule has 1 N–H and O–H groups in total. The predicted molar refractivity (Wildman–Crippen MR) is 86.6 cm³/mol. The quantitative estimate of drug-likeness (QED) is 0.899. The third-order valence-corrected chi connectivity index (χ3v) is 4.13. The zero-order valence-corrected chi connectivity index (χ0v) is 12.8. The van der Waals surface area contributed by atoms with E-state index in [0.29, 0.717) is 6.10 Å². The molecule has 0 amide bonds. The molecule has 1 aliphatic rings. The highest BCUT2D eigenvalue weighted by molar-refractivity contribution is 5.85. The maximum atomic E-state index is 6.32. The SMILES string of the molecule is CCNCc1cc(OC2CCCCC2)c2ccccc2n1.